The SMILES string of the molecule is C[C@@H]1CN(c2cc(N3CC4(CCC(N5CCCC5c5ccccc5C5CC5)CC4)C3)ccc2C(=O)NS(=O)(=O)c2ccc(NC[C@H]3COCCO3)c([N+](=O)[O-])c2)c2cc3cc[nH]c3nc2O1. The van der Waals surface area contributed by atoms with Crippen molar-refractivity contribution in [3.05, 3.63) is 106 Å². The first-order chi connectivity index (χ1) is 32.0. The van der Waals surface area contributed by atoms with Crippen LogP contribution in [0.4, 0.5) is 28.4 Å². The van der Waals surface area contributed by atoms with Crippen LogP contribution in [0.25, 0.3) is 11.0 Å². The number of aromatic nitrogens is 2. The van der Waals surface area contributed by atoms with Crippen molar-refractivity contribution in [1.82, 2.24) is 19.6 Å². The van der Waals surface area contributed by atoms with Gasteiger partial charge in [0.25, 0.3) is 21.6 Å². The number of fused-ring (bicyclic) bond motifs is 2. The summed E-state index contributed by atoms with van der Waals surface area (Å²) in [4.78, 5) is 40.6. The van der Waals surface area contributed by atoms with Gasteiger partial charge in [0.05, 0.1) is 53.5 Å². The molecule has 3 saturated heterocycles. The highest BCUT2D eigenvalue weighted by Crippen LogP contribution is 2.51. The summed E-state index contributed by atoms with van der Waals surface area (Å²) in [5.74, 6) is 0.267. The van der Waals surface area contributed by atoms with Crippen LogP contribution in [0.5, 0.6) is 5.88 Å². The number of carbonyl (C=O) groups excluding carboxylic acids is 1. The minimum absolute atomic E-state index is 0.119. The number of sulfonamides is 1. The molecule has 2 aliphatic carbocycles. The minimum Gasteiger partial charge on any atom is -0.471 e. The number of ether oxygens (including phenoxy) is 3. The van der Waals surface area contributed by atoms with Crippen LogP contribution in [0.1, 0.15) is 91.7 Å². The highest BCUT2D eigenvalue weighted by molar-refractivity contribution is 7.90. The quantitative estimate of drug-likeness (QED) is 0.0815. The molecule has 1 unspecified atom stereocenters. The van der Waals surface area contributed by atoms with Crippen LogP contribution in [0.3, 0.4) is 0 Å². The number of hydrogen-bond donors (Lipinski definition) is 3. The molecule has 3 N–H and O–H groups in total. The molecular formula is C49H56N8O8S. The topological polar surface area (TPSA) is 185 Å². The van der Waals surface area contributed by atoms with Gasteiger partial charge >= 0.3 is 0 Å². The molecular weight excluding hydrogens is 861 g/mol. The average molecular weight is 917 g/mol. The Morgan fingerprint density at radius 3 is 2.56 bits per heavy atom. The number of anilines is 4. The molecule has 2 aromatic heterocycles. The summed E-state index contributed by atoms with van der Waals surface area (Å²) >= 11 is 0. The van der Waals surface area contributed by atoms with Gasteiger partial charge in [0.2, 0.25) is 5.88 Å². The van der Waals surface area contributed by atoms with Crippen LogP contribution in [-0.4, -0.2) is 105 Å². The minimum atomic E-state index is -4.58. The van der Waals surface area contributed by atoms with Crippen LogP contribution in [0.2, 0.25) is 0 Å². The lowest BCUT2D eigenvalue weighted by atomic mass is 9.67. The lowest BCUT2D eigenvalue weighted by molar-refractivity contribution is -0.384. The normalized spacial score (nSPS) is 23.3. The number of carbonyl (C=O) groups is 1. The van der Waals surface area contributed by atoms with Gasteiger partial charge in [-0.1, -0.05) is 24.3 Å². The van der Waals surface area contributed by atoms with E-state index in [0.29, 0.717) is 61.4 Å². The number of nitro benzene ring substituents is 1. The van der Waals surface area contributed by atoms with E-state index in [1.807, 2.05) is 36.1 Å². The number of nitro groups is 1. The molecule has 5 aromatic rings. The molecule has 0 bridgehead atoms. The molecule has 6 heterocycles. The second kappa shape index (κ2) is 17.2. The molecule has 11 rings (SSSR count). The summed E-state index contributed by atoms with van der Waals surface area (Å²) in [7, 11) is -4.58. The summed E-state index contributed by atoms with van der Waals surface area (Å²) in [5.41, 5.74) is 5.90. The zero-order chi connectivity index (χ0) is 45.2. The summed E-state index contributed by atoms with van der Waals surface area (Å²) in [6, 6.07) is 23.2. The predicted molar refractivity (Wildman–Crippen MR) is 250 cm³/mol. The zero-order valence-corrected chi connectivity index (χ0v) is 37.9. The maximum absolute atomic E-state index is 14.4. The number of aromatic amines is 1. The van der Waals surface area contributed by atoms with E-state index in [2.05, 4.69) is 49.1 Å². The van der Waals surface area contributed by atoms with Gasteiger partial charge in [-0.05, 0) is 124 Å². The molecule has 17 heteroatoms. The first-order valence-corrected chi connectivity index (χ1v) is 24.9. The molecule has 0 radical (unpaired) electrons. The van der Waals surface area contributed by atoms with Crippen molar-refractivity contribution in [2.45, 2.75) is 93.4 Å². The first-order valence-electron chi connectivity index (χ1n) is 23.5. The number of nitrogens with one attached hydrogen (secondary N) is 3. The van der Waals surface area contributed by atoms with Gasteiger partial charge in [0.1, 0.15) is 23.1 Å². The summed E-state index contributed by atoms with van der Waals surface area (Å²) in [6.07, 6.45) is 11.0. The van der Waals surface area contributed by atoms with Crippen LogP contribution in [0.15, 0.2) is 83.9 Å². The van der Waals surface area contributed by atoms with Crippen LogP contribution >= 0.6 is 0 Å². The first kappa shape index (κ1) is 42.9. The molecule has 346 valence electrons. The second-order valence-corrected chi connectivity index (χ2v) is 20.9. The third-order valence-corrected chi connectivity index (χ3v) is 16.0. The third kappa shape index (κ3) is 8.24. The van der Waals surface area contributed by atoms with E-state index in [1.165, 1.54) is 70.0 Å². The van der Waals surface area contributed by atoms with Crippen molar-refractivity contribution in [3.63, 3.8) is 0 Å². The van der Waals surface area contributed by atoms with Gasteiger partial charge in [-0.2, -0.15) is 4.98 Å². The van der Waals surface area contributed by atoms with E-state index >= 15 is 0 Å². The summed E-state index contributed by atoms with van der Waals surface area (Å²) in [5, 5.41) is 16.0. The number of nitrogens with zero attached hydrogens (tertiary/aromatic N) is 5. The van der Waals surface area contributed by atoms with E-state index in [0.717, 1.165) is 36.1 Å². The number of pyridine rings is 1. The summed E-state index contributed by atoms with van der Waals surface area (Å²) in [6.45, 7) is 6.72. The molecule has 16 nitrogen and oxygen atoms in total. The van der Waals surface area contributed by atoms with Gasteiger partial charge in [-0.15, -0.1) is 0 Å². The van der Waals surface area contributed by atoms with E-state index in [-0.39, 0.29) is 35.4 Å². The maximum atomic E-state index is 14.4. The molecule has 5 fully saturated rings. The summed E-state index contributed by atoms with van der Waals surface area (Å²) < 4.78 is 47.4. The Balaban J connectivity index is 0.838. The second-order valence-electron chi connectivity index (χ2n) is 19.2. The number of amides is 1. The molecule has 1 amide bonds. The van der Waals surface area contributed by atoms with Crippen molar-refractivity contribution in [1.29, 1.82) is 0 Å². The Morgan fingerprint density at radius 1 is 0.970 bits per heavy atom. The Morgan fingerprint density at radius 2 is 1.79 bits per heavy atom. The van der Waals surface area contributed by atoms with E-state index in [4.69, 9.17) is 19.2 Å². The van der Waals surface area contributed by atoms with E-state index in [9.17, 15) is 23.3 Å². The fraction of sp³-hybridized carbons (Fsp3) is 0.469. The third-order valence-electron chi connectivity index (χ3n) is 14.7. The Bertz CT molecular complexity index is 2770. The molecule has 1 spiro atoms. The largest absolute Gasteiger partial charge is 0.471 e. The van der Waals surface area contributed by atoms with E-state index in [1.54, 1.807) is 23.4 Å². The van der Waals surface area contributed by atoms with Crippen molar-refractivity contribution < 1.29 is 32.3 Å². The fourth-order valence-electron chi connectivity index (χ4n) is 11.2. The number of H-pyrrole nitrogens is 1. The standard InChI is InChI=1S/C49H56N8O8S/c1-31-27-56(45-23-33-16-19-50-46(33)52-48(45)65-31)43-24-35(54-29-49(30-54)17-14-34(15-18-49)55-20-4-7-42(55)39-6-3-2-5-38(39)32-8-9-32)10-12-40(43)47(58)53-66(61,62)37-11-13-41(44(25-37)57(59)60)51-26-36-28-63-21-22-64-36/h2-3,5-6,10-13,16,19,23-25,31-32,34,36,42,51H,4,7-9,14-15,17-18,20-22,26-30H2,1H3,(H,50,52)(H,53,58)/t31-,36+,42?/m1/s1. The van der Waals surface area contributed by atoms with Gasteiger partial charge in [-0.3, -0.25) is 19.8 Å². The number of rotatable bonds is 12. The number of hydrogen-bond acceptors (Lipinski definition) is 13. The molecule has 3 aromatic carbocycles. The Kier molecular flexibility index (Phi) is 11.1. The lowest BCUT2D eigenvalue weighted by Gasteiger charge is -2.55. The predicted octanol–water partition coefficient (Wildman–Crippen LogP) is 7.80. The Labute approximate surface area is 384 Å². The molecule has 4 aliphatic heterocycles. The van der Waals surface area contributed by atoms with Crippen molar-refractivity contribution in [2.75, 3.05) is 67.7 Å². The molecule has 66 heavy (non-hydrogen) atoms. The van der Waals surface area contributed by atoms with E-state index < -0.39 is 31.4 Å². The van der Waals surface area contributed by atoms with Crippen LogP contribution in [0, 0.1) is 15.5 Å². The van der Waals surface area contributed by atoms with Gasteiger partial charge in [0.15, 0.2) is 0 Å². The van der Waals surface area contributed by atoms with Gasteiger partial charge < -0.3 is 34.3 Å². The van der Waals surface area contributed by atoms with Crippen molar-refractivity contribution in [2.24, 2.45) is 5.41 Å². The van der Waals surface area contributed by atoms with Crippen LogP contribution in [-0.2, 0) is 19.5 Å². The molecule has 6 aliphatic rings. The van der Waals surface area contributed by atoms with Gasteiger partial charge in [-0.25, -0.2) is 13.1 Å². The highest BCUT2D eigenvalue weighted by atomic mass is 32.2. The van der Waals surface area contributed by atoms with Gasteiger partial charge in [0, 0.05) is 60.5 Å². The average Bonchev–Trinajstić information content (AvgIpc) is 3.86. The Hall–Kier alpha value is -5.75. The van der Waals surface area contributed by atoms with Crippen molar-refractivity contribution >= 4 is 55.4 Å². The highest BCUT2D eigenvalue weighted by Gasteiger charge is 2.48. The van der Waals surface area contributed by atoms with Crippen LogP contribution < -0.4 is 24.6 Å². The smallest absolute Gasteiger partial charge is 0.293 e. The zero-order valence-electron chi connectivity index (χ0n) is 37.1. The molecule has 2 saturated carbocycles. The maximum Gasteiger partial charge on any atom is 0.293 e. The monoisotopic (exact) mass is 916 g/mol. The molecule has 3 atom stereocenters. The fourth-order valence-corrected chi connectivity index (χ4v) is 12.2. The lowest BCUT2D eigenvalue weighted by Crippen LogP contribution is -2.59. The number of likely N-dealkylation sites (tertiary alicyclic amines) is 1. The van der Waals surface area contributed by atoms with Crippen molar-refractivity contribution in [3.8, 4) is 5.88 Å². The number of benzene rings is 3.